The summed E-state index contributed by atoms with van der Waals surface area (Å²) in [7, 11) is -3.58. The minimum atomic E-state index is -3.58. The Morgan fingerprint density at radius 2 is 1.93 bits per heavy atom. The number of thiazole rings is 1. The van der Waals surface area contributed by atoms with Gasteiger partial charge in [0.05, 0.1) is 20.1 Å². The Morgan fingerprint density at radius 3 is 2.77 bits per heavy atom. The molecule has 2 aromatic carbocycles. The monoisotopic (exact) mass is 462 g/mol. The van der Waals surface area contributed by atoms with Crippen LogP contribution in [-0.2, 0) is 16.4 Å². The number of hydrogen-bond acceptors (Lipinski definition) is 6. The fraction of sp³-hybridized carbons (Fsp3) is 0.238. The Kier molecular flexibility index (Phi) is 7.38. The first-order chi connectivity index (χ1) is 14.0. The van der Waals surface area contributed by atoms with E-state index in [0.29, 0.717) is 6.54 Å². The van der Waals surface area contributed by atoms with Gasteiger partial charge in [0.2, 0.25) is 10.0 Å². The van der Waals surface area contributed by atoms with Crippen LogP contribution in [-0.4, -0.2) is 37.5 Å². The standard InChI is InChI=1S/C21H22N4O2S2.ClH/c1-15(13-22-11-9-21-24-19-4-2-3-5-20(19)28-21)25-29(26,27)18-7-6-17-14-23-10-8-16(17)12-18;/h2-8,10,12,14-15,22,25H,9,11,13H2,1H3;1H/t15-;/m1./s1. The van der Waals surface area contributed by atoms with Crippen molar-refractivity contribution in [1.82, 2.24) is 20.0 Å². The van der Waals surface area contributed by atoms with Crippen LogP contribution < -0.4 is 10.0 Å². The average molecular weight is 463 g/mol. The number of hydrogen-bond donors (Lipinski definition) is 2. The van der Waals surface area contributed by atoms with Crippen molar-refractivity contribution in [1.29, 1.82) is 0 Å². The van der Waals surface area contributed by atoms with E-state index in [1.54, 1.807) is 48.0 Å². The van der Waals surface area contributed by atoms with E-state index in [2.05, 4.69) is 26.1 Å². The minimum Gasteiger partial charge on any atom is -0.315 e. The maximum Gasteiger partial charge on any atom is 0.240 e. The largest absolute Gasteiger partial charge is 0.315 e. The molecule has 0 unspecified atom stereocenters. The molecule has 1 atom stereocenters. The molecule has 0 aliphatic carbocycles. The van der Waals surface area contributed by atoms with E-state index < -0.39 is 10.0 Å². The number of pyridine rings is 1. The van der Waals surface area contributed by atoms with Gasteiger partial charge >= 0.3 is 0 Å². The molecule has 158 valence electrons. The van der Waals surface area contributed by atoms with Crippen molar-refractivity contribution in [3.8, 4) is 0 Å². The van der Waals surface area contributed by atoms with Gasteiger partial charge in [-0.25, -0.2) is 18.1 Å². The van der Waals surface area contributed by atoms with Crippen molar-refractivity contribution < 1.29 is 8.42 Å². The second-order valence-electron chi connectivity index (χ2n) is 6.94. The molecule has 0 spiro atoms. The summed E-state index contributed by atoms with van der Waals surface area (Å²) >= 11 is 1.70. The van der Waals surface area contributed by atoms with Gasteiger partial charge in [0, 0.05) is 43.3 Å². The summed E-state index contributed by atoms with van der Waals surface area (Å²) in [6, 6.07) is 14.7. The lowest BCUT2D eigenvalue weighted by molar-refractivity contribution is 0.537. The number of halogens is 1. The molecule has 2 aromatic heterocycles. The van der Waals surface area contributed by atoms with Crippen molar-refractivity contribution in [3.63, 3.8) is 0 Å². The summed E-state index contributed by atoms with van der Waals surface area (Å²) in [5, 5.41) is 6.16. The molecule has 9 heteroatoms. The van der Waals surface area contributed by atoms with Crippen LogP contribution in [0.5, 0.6) is 0 Å². The third-order valence-electron chi connectivity index (χ3n) is 4.58. The van der Waals surface area contributed by atoms with E-state index in [1.807, 2.05) is 25.1 Å². The van der Waals surface area contributed by atoms with E-state index in [4.69, 9.17) is 0 Å². The molecule has 2 N–H and O–H groups in total. The Morgan fingerprint density at radius 1 is 1.10 bits per heavy atom. The molecular weight excluding hydrogens is 440 g/mol. The molecule has 0 radical (unpaired) electrons. The van der Waals surface area contributed by atoms with Gasteiger partial charge in [-0.2, -0.15) is 0 Å². The van der Waals surface area contributed by atoms with Crippen molar-refractivity contribution in [2.24, 2.45) is 0 Å². The maximum atomic E-state index is 12.7. The average Bonchev–Trinajstić information content (AvgIpc) is 3.13. The van der Waals surface area contributed by atoms with Gasteiger partial charge in [-0.15, -0.1) is 23.7 Å². The molecule has 4 aromatic rings. The number of rotatable bonds is 8. The highest BCUT2D eigenvalue weighted by Crippen LogP contribution is 2.21. The first-order valence-electron chi connectivity index (χ1n) is 9.42. The Balaban J connectivity index is 0.00000256. The second kappa shape index (κ2) is 9.80. The summed E-state index contributed by atoms with van der Waals surface area (Å²) in [6.45, 7) is 3.14. The molecule has 0 aliphatic rings. The minimum absolute atomic E-state index is 0. The molecule has 0 bridgehead atoms. The highest BCUT2D eigenvalue weighted by atomic mass is 35.5. The number of para-hydroxylation sites is 1. The lowest BCUT2D eigenvalue weighted by atomic mass is 10.2. The van der Waals surface area contributed by atoms with Crippen LogP contribution in [0.1, 0.15) is 11.9 Å². The van der Waals surface area contributed by atoms with Crippen molar-refractivity contribution >= 4 is 54.8 Å². The number of nitrogens with one attached hydrogen (secondary N) is 2. The van der Waals surface area contributed by atoms with Gasteiger partial charge < -0.3 is 5.32 Å². The Bertz CT molecular complexity index is 1210. The van der Waals surface area contributed by atoms with Crippen LogP contribution >= 0.6 is 23.7 Å². The lowest BCUT2D eigenvalue weighted by Crippen LogP contribution is -2.40. The van der Waals surface area contributed by atoms with Gasteiger partial charge in [-0.05, 0) is 42.6 Å². The third-order valence-corrected chi connectivity index (χ3v) is 7.27. The molecule has 4 rings (SSSR count). The first-order valence-corrected chi connectivity index (χ1v) is 11.7. The van der Waals surface area contributed by atoms with Crippen LogP contribution in [0.25, 0.3) is 21.0 Å². The molecule has 0 saturated heterocycles. The Hall–Kier alpha value is -2.10. The van der Waals surface area contributed by atoms with Gasteiger partial charge in [-0.1, -0.05) is 18.2 Å². The quantitative estimate of drug-likeness (QED) is 0.389. The van der Waals surface area contributed by atoms with Gasteiger partial charge in [0.15, 0.2) is 0 Å². The third kappa shape index (κ3) is 5.33. The predicted octanol–water partition coefficient (Wildman–Crippen LogP) is 3.77. The summed E-state index contributed by atoms with van der Waals surface area (Å²) < 4.78 is 29.3. The van der Waals surface area contributed by atoms with E-state index in [0.717, 1.165) is 34.3 Å². The lowest BCUT2D eigenvalue weighted by Gasteiger charge is -2.15. The molecule has 30 heavy (non-hydrogen) atoms. The molecule has 6 nitrogen and oxygen atoms in total. The van der Waals surface area contributed by atoms with Gasteiger partial charge in [-0.3, -0.25) is 4.98 Å². The zero-order valence-electron chi connectivity index (χ0n) is 16.4. The smallest absolute Gasteiger partial charge is 0.240 e. The van der Waals surface area contributed by atoms with Gasteiger partial charge in [0.1, 0.15) is 0 Å². The first kappa shape index (κ1) is 22.6. The molecule has 0 amide bonds. The number of sulfonamides is 1. The van der Waals surface area contributed by atoms with E-state index >= 15 is 0 Å². The van der Waals surface area contributed by atoms with E-state index in [9.17, 15) is 8.42 Å². The summed E-state index contributed by atoms with van der Waals surface area (Å²) in [5.74, 6) is 0. The number of nitrogens with zero attached hydrogens (tertiary/aromatic N) is 2. The topological polar surface area (TPSA) is 84.0 Å². The summed E-state index contributed by atoms with van der Waals surface area (Å²) in [6.07, 6.45) is 4.19. The number of fused-ring (bicyclic) bond motifs is 2. The normalized spacial score (nSPS) is 12.7. The second-order valence-corrected chi connectivity index (χ2v) is 9.77. The molecular formula is C21H23ClN4O2S2. The highest BCUT2D eigenvalue weighted by Gasteiger charge is 2.17. The summed E-state index contributed by atoms with van der Waals surface area (Å²) in [5.41, 5.74) is 1.03. The zero-order valence-corrected chi connectivity index (χ0v) is 18.9. The SMILES string of the molecule is C[C@H](CNCCc1nc2ccccc2s1)NS(=O)(=O)c1ccc2cnccc2c1.Cl. The van der Waals surface area contributed by atoms with Crippen molar-refractivity contribution in [2.45, 2.75) is 24.3 Å². The van der Waals surface area contributed by atoms with E-state index in [1.165, 1.54) is 4.70 Å². The highest BCUT2D eigenvalue weighted by molar-refractivity contribution is 7.89. The van der Waals surface area contributed by atoms with Crippen molar-refractivity contribution in [2.75, 3.05) is 13.1 Å². The van der Waals surface area contributed by atoms with Crippen LogP contribution in [0.3, 0.4) is 0 Å². The van der Waals surface area contributed by atoms with Crippen molar-refractivity contribution in [3.05, 3.63) is 65.9 Å². The molecule has 0 fully saturated rings. The summed E-state index contributed by atoms with van der Waals surface area (Å²) in [4.78, 5) is 8.93. The van der Waals surface area contributed by atoms with Crippen LogP contribution in [0.15, 0.2) is 65.8 Å². The number of benzene rings is 2. The molecule has 2 heterocycles. The zero-order chi connectivity index (χ0) is 20.3. The molecule has 0 saturated carbocycles. The fourth-order valence-electron chi connectivity index (χ4n) is 3.14. The van der Waals surface area contributed by atoms with E-state index in [-0.39, 0.29) is 23.3 Å². The van der Waals surface area contributed by atoms with Crippen LogP contribution in [0, 0.1) is 0 Å². The predicted molar refractivity (Wildman–Crippen MR) is 125 cm³/mol. The molecule has 0 aliphatic heterocycles. The van der Waals surface area contributed by atoms with Gasteiger partial charge in [0.25, 0.3) is 0 Å². The van der Waals surface area contributed by atoms with Crippen LogP contribution in [0.4, 0.5) is 0 Å². The fourth-order valence-corrected chi connectivity index (χ4v) is 5.39. The van der Waals surface area contributed by atoms with Crippen LogP contribution in [0.2, 0.25) is 0 Å². The number of aromatic nitrogens is 2. The Labute approximate surface area is 186 Å². The maximum absolute atomic E-state index is 12.7.